The Morgan fingerprint density at radius 2 is 1.91 bits per heavy atom. The molecule has 0 aromatic heterocycles. The number of benzene rings is 2. The van der Waals surface area contributed by atoms with E-state index in [1.165, 1.54) is 0 Å². The molecule has 1 atom stereocenters. The van der Waals surface area contributed by atoms with Crippen LogP contribution in [-0.2, 0) is 4.79 Å². The number of carbonyl (C=O) groups is 2. The first-order valence-corrected chi connectivity index (χ1v) is 11.9. The Morgan fingerprint density at radius 3 is 2.64 bits per heavy atom. The van der Waals surface area contributed by atoms with Crippen molar-refractivity contribution in [1.29, 1.82) is 0 Å². The second kappa shape index (κ2) is 10.7. The molecule has 2 heterocycles. The van der Waals surface area contributed by atoms with E-state index in [9.17, 15) is 9.59 Å². The van der Waals surface area contributed by atoms with Gasteiger partial charge in [0.15, 0.2) is 0 Å². The maximum atomic E-state index is 12.7. The summed E-state index contributed by atoms with van der Waals surface area (Å²) in [4.78, 5) is 29.0. The highest BCUT2D eigenvalue weighted by molar-refractivity contribution is 6.06. The lowest BCUT2D eigenvalue weighted by Crippen LogP contribution is -2.44. The van der Waals surface area contributed by atoms with E-state index < -0.39 is 0 Å². The predicted molar refractivity (Wildman–Crippen MR) is 131 cm³/mol. The summed E-state index contributed by atoms with van der Waals surface area (Å²) in [5.41, 5.74) is 2.41. The van der Waals surface area contributed by atoms with E-state index in [2.05, 4.69) is 21.6 Å². The summed E-state index contributed by atoms with van der Waals surface area (Å²) in [6.07, 6.45) is 2.80. The van der Waals surface area contributed by atoms with Gasteiger partial charge in [-0.25, -0.2) is 0 Å². The summed E-state index contributed by atoms with van der Waals surface area (Å²) in [5, 5.41) is 6.69. The van der Waals surface area contributed by atoms with Crippen molar-refractivity contribution < 1.29 is 14.3 Å². The number of hydrogen-bond acceptors (Lipinski definition) is 5. The van der Waals surface area contributed by atoms with Crippen LogP contribution in [0, 0.1) is 5.92 Å². The molecule has 0 aliphatic carbocycles. The normalized spacial score (nSPS) is 19.1. The van der Waals surface area contributed by atoms with Gasteiger partial charge in [0.25, 0.3) is 5.91 Å². The molecular formula is C26H34N4O3. The van der Waals surface area contributed by atoms with Gasteiger partial charge in [0.05, 0.1) is 12.7 Å². The number of carbonyl (C=O) groups excluding carboxylic acids is 2. The number of nitrogens with zero attached hydrogens (tertiary/aromatic N) is 2. The Balaban J connectivity index is 1.28. The number of amides is 2. The van der Waals surface area contributed by atoms with Gasteiger partial charge in [0.1, 0.15) is 5.75 Å². The first-order valence-electron chi connectivity index (χ1n) is 11.9. The summed E-state index contributed by atoms with van der Waals surface area (Å²) in [6, 6.07) is 15.7. The third-order valence-electron chi connectivity index (χ3n) is 6.69. The molecule has 4 rings (SSSR count). The van der Waals surface area contributed by atoms with Crippen LogP contribution in [0.5, 0.6) is 5.75 Å². The zero-order chi connectivity index (χ0) is 23.2. The van der Waals surface area contributed by atoms with Gasteiger partial charge < -0.3 is 25.2 Å². The lowest BCUT2D eigenvalue weighted by Gasteiger charge is -2.34. The predicted octanol–water partition coefficient (Wildman–Crippen LogP) is 3.37. The van der Waals surface area contributed by atoms with E-state index in [0.29, 0.717) is 29.7 Å². The van der Waals surface area contributed by atoms with Crippen LogP contribution in [0.25, 0.3) is 0 Å². The second-order valence-electron chi connectivity index (χ2n) is 8.88. The van der Waals surface area contributed by atoms with Crippen LogP contribution >= 0.6 is 0 Å². The second-order valence-corrected chi connectivity index (χ2v) is 8.88. The Hall–Kier alpha value is -3.06. The molecule has 2 aliphatic heterocycles. The summed E-state index contributed by atoms with van der Waals surface area (Å²) in [6.45, 7) is 6.58. The first-order chi connectivity index (χ1) is 16.1. The Labute approximate surface area is 196 Å². The topological polar surface area (TPSA) is 73.9 Å². The highest BCUT2D eigenvalue weighted by Gasteiger charge is 2.29. The molecule has 7 nitrogen and oxygen atoms in total. The van der Waals surface area contributed by atoms with Crippen LogP contribution in [0.15, 0.2) is 48.5 Å². The molecule has 33 heavy (non-hydrogen) atoms. The average Bonchev–Trinajstić information content (AvgIpc) is 3.22. The van der Waals surface area contributed by atoms with E-state index in [4.69, 9.17) is 4.74 Å². The van der Waals surface area contributed by atoms with Gasteiger partial charge >= 0.3 is 0 Å². The van der Waals surface area contributed by atoms with Crippen molar-refractivity contribution in [3.63, 3.8) is 0 Å². The van der Waals surface area contributed by atoms with Gasteiger partial charge in [-0.2, -0.15) is 0 Å². The average molecular weight is 451 g/mol. The number of hydrogen-bond donors (Lipinski definition) is 2. The molecule has 176 valence electrons. The molecule has 2 saturated heterocycles. The van der Waals surface area contributed by atoms with Gasteiger partial charge in [-0.3, -0.25) is 9.59 Å². The van der Waals surface area contributed by atoms with Crippen LogP contribution in [0.2, 0.25) is 0 Å². The highest BCUT2D eigenvalue weighted by Crippen LogP contribution is 2.25. The number of rotatable bonds is 8. The molecule has 0 saturated carbocycles. The minimum Gasteiger partial charge on any atom is -0.496 e. The number of nitrogens with one attached hydrogen (secondary N) is 2. The van der Waals surface area contributed by atoms with Crippen LogP contribution in [0.1, 0.15) is 36.5 Å². The van der Waals surface area contributed by atoms with Crippen molar-refractivity contribution in [3.8, 4) is 5.75 Å². The summed E-state index contributed by atoms with van der Waals surface area (Å²) < 4.78 is 5.31. The third-order valence-corrected chi connectivity index (χ3v) is 6.69. The lowest BCUT2D eigenvalue weighted by atomic mass is 10.0. The molecule has 0 bridgehead atoms. The monoisotopic (exact) mass is 450 g/mol. The SMILES string of the molecule is CCN1C[C@@H](CNC2CCN(c3cccc(NC(=O)c4ccccc4OC)c3)CC2)CC1=O. The largest absolute Gasteiger partial charge is 0.496 e. The van der Waals surface area contributed by atoms with Gasteiger partial charge in [-0.05, 0) is 56.0 Å². The summed E-state index contributed by atoms with van der Waals surface area (Å²) in [5.74, 6) is 1.10. The molecule has 0 unspecified atom stereocenters. The van der Waals surface area contributed by atoms with Gasteiger partial charge in [0.2, 0.25) is 5.91 Å². The van der Waals surface area contributed by atoms with Crippen LogP contribution in [0.4, 0.5) is 11.4 Å². The number of methoxy groups -OCH3 is 1. The maximum absolute atomic E-state index is 12.7. The van der Waals surface area contributed by atoms with Gasteiger partial charge in [0, 0.05) is 56.6 Å². The standard InChI is InChI=1S/C26H34N4O3/c1-3-29-18-19(15-25(29)31)17-27-20-11-13-30(14-12-20)22-8-6-7-21(16-22)28-26(32)23-9-4-5-10-24(23)33-2/h4-10,16,19-20,27H,3,11-15,17-18H2,1-2H3,(H,28,32)/t19-/m1/s1. The molecule has 2 aromatic carbocycles. The maximum Gasteiger partial charge on any atom is 0.259 e. The fourth-order valence-corrected chi connectivity index (χ4v) is 4.78. The van der Waals surface area contributed by atoms with Crippen molar-refractivity contribution >= 4 is 23.2 Å². The summed E-state index contributed by atoms with van der Waals surface area (Å²) in [7, 11) is 1.57. The molecule has 0 spiro atoms. The highest BCUT2D eigenvalue weighted by atomic mass is 16.5. The quantitative estimate of drug-likeness (QED) is 0.645. The minimum absolute atomic E-state index is 0.181. The number of ether oxygens (including phenoxy) is 1. The van der Waals surface area contributed by atoms with Crippen molar-refractivity contribution in [2.24, 2.45) is 5.92 Å². The molecular weight excluding hydrogens is 416 g/mol. The van der Waals surface area contributed by atoms with Crippen molar-refractivity contribution in [2.75, 3.05) is 50.1 Å². The number of anilines is 2. The molecule has 2 aromatic rings. The minimum atomic E-state index is -0.181. The van der Waals surface area contributed by atoms with E-state index in [1.54, 1.807) is 19.2 Å². The first kappa shape index (κ1) is 23.1. The number of para-hydroxylation sites is 1. The molecule has 2 amide bonds. The molecule has 7 heteroatoms. The van der Waals surface area contributed by atoms with E-state index >= 15 is 0 Å². The fourth-order valence-electron chi connectivity index (χ4n) is 4.78. The third kappa shape index (κ3) is 5.66. The van der Waals surface area contributed by atoms with Gasteiger partial charge in [-0.1, -0.05) is 18.2 Å². The number of piperidine rings is 1. The molecule has 2 N–H and O–H groups in total. The number of likely N-dealkylation sites (tertiary alicyclic amines) is 1. The van der Waals surface area contributed by atoms with Crippen molar-refractivity contribution in [3.05, 3.63) is 54.1 Å². The fraction of sp³-hybridized carbons (Fsp3) is 0.462. The van der Waals surface area contributed by atoms with Gasteiger partial charge in [-0.15, -0.1) is 0 Å². The van der Waals surface area contributed by atoms with Crippen LogP contribution < -0.4 is 20.3 Å². The Bertz CT molecular complexity index is 972. The van der Waals surface area contributed by atoms with E-state index in [0.717, 1.165) is 56.9 Å². The van der Waals surface area contributed by atoms with Crippen molar-refractivity contribution in [1.82, 2.24) is 10.2 Å². The van der Waals surface area contributed by atoms with Crippen LogP contribution in [-0.4, -0.2) is 62.6 Å². The van der Waals surface area contributed by atoms with E-state index in [-0.39, 0.29) is 11.8 Å². The smallest absolute Gasteiger partial charge is 0.259 e. The van der Waals surface area contributed by atoms with E-state index in [1.807, 2.05) is 42.2 Å². The van der Waals surface area contributed by atoms with Crippen LogP contribution in [0.3, 0.4) is 0 Å². The Morgan fingerprint density at radius 1 is 1.12 bits per heavy atom. The Kier molecular flexibility index (Phi) is 7.50. The molecule has 2 fully saturated rings. The lowest BCUT2D eigenvalue weighted by molar-refractivity contribution is -0.127. The summed E-state index contributed by atoms with van der Waals surface area (Å²) >= 11 is 0. The zero-order valence-electron chi connectivity index (χ0n) is 19.5. The van der Waals surface area contributed by atoms with Crippen molar-refractivity contribution in [2.45, 2.75) is 32.2 Å². The zero-order valence-corrected chi connectivity index (χ0v) is 19.5. The molecule has 2 aliphatic rings. The molecule has 0 radical (unpaired) electrons.